The average molecular weight is 413 g/mol. The lowest BCUT2D eigenvalue weighted by molar-refractivity contribution is 0.0934. The molecule has 1 heterocycles. The van der Waals surface area contributed by atoms with Gasteiger partial charge in [-0.3, -0.25) is 9.69 Å². The summed E-state index contributed by atoms with van der Waals surface area (Å²) in [7, 11) is 0. The van der Waals surface area contributed by atoms with E-state index in [2.05, 4.69) is 10.3 Å². The van der Waals surface area contributed by atoms with Crippen LogP contribution in [0.5, 0.6) is 0 Å². The molecule has 3 aromatic rings. The van der Waals surface area contributed by atoms with E-state index >= 15 is 0 Å². The minimum Gasteiger partial charge on any atom is -0.447 e. The molecule has 1 aromatic heterocycles. The third kappa shape index (κ3) is 6.22. The Morgan fingerprint density at radius 3 is 2.50 bits per heavy atom. The molecule has 1 amide bonds. The van der Waals surface area contributed by atoms with Gasteiger partial charge in [-0.1, -0.05) is 31.2 Å². The van der Waals surface area contributed by atoms with Crippen LogP contribution in [-0.2, 0) is 19.6 Å². The molecular formula is C23H25F2N3O2. The van der Waals surface area contributed by atoms with Crippen molar-refractivity contribution in [2.24, 2.45) is 0 Å². The fourth-order valence-electron chi connectivity index (χ4n) is 2.99. The Morgan fingerprint density at radius 2 is 1.80 bits per heavy atom. The molecule has 0 unspecified atom stereocenters. The van der Waals surface area contributed by atoms with Crippen molar-refractivity contribution < 1.29 is 18.0 Å². The SMILES string of the molecule is CC[C@@H](C)NC(=O)c1coc(CN(Cc2ccc(F)cc2)Cc2cccc(F)c2)n1. The zero-order valence-electron chi connectivity index (χ0n) is 17.1. The van der Waals surface area contributed by atoms with Crippen molar-refractivity contribution in [3.63, 3.8) is 0 Å². The predicted octanol–water partition coefficient (Wildman–Crippen LogP) is 4.68. The average Bonchev–Trinajstić information content (AvgIpc) is 3.18. The number of oxazole rings is 1. The van der Waals surface area contributed by atoms with Gasteiger partial charge in [-0.15, -0.1) is 0 Å². The van der Waals surface area contributed by atoms with Crippen molar-refractivity contribution in [1.82, 2.24) is 15.2 Å². The summed E-state index contributed by atoms with van der Waals surface area (Å²) in [6.07, 6.45) is 2.15. The van der Waals surface area contributed by atoms with Crippen LogP contribution in [-0.4, -0.2) is 21.8 Å². The summed E-state index contributed by atoms with van der Waals surface area (Å²) in [6, 6.07) is 12.6. The normalized spacial score (nSPS) is 12.2. The van der Waals surface area contributed by atoms with Crippen LogP contribution in [0, 0.1) is 11.6 Å². The van der Waals surface area contributed by atoms with Crippen molar-refractivity contribution >= 4 is 5.91 Å². The lowest BCUT2D eigenvalue weighted by Crippen LogP contribution is -2.32. The second-order valence-corrected chi connectivity index (χ2v) is 7.31. The third-order valence-electron chi connectivity index (χ3n) is 4.75. The van der Waals surface area contributed by atoms with Crippen molar-refractivity contribution in [2.75, 3.05) is 0 Å². The number of nitrogens with zero attached hydrogens (tertiary/aromatic N) is 2. The molecule has 7 heteroatoms. The number of hydrogen-bond acceptors (Lipinski definition) is 4. The molecule has 158 valence electrons. The molecule has 0 saturated heterocycles. The van der Waals surface area contributed by atoms with E-state index in [9.17, 15) is 13.6 Å². The van der Waals surface area contributed by atoms with E-state index in [0.717, 1.165) is 17.5 Å². The summed E-state index contributed by atoms with van der Waals surface area (Å²) in [5.41, 5.74) is 1.91. The van der Waals surface area contributed by atoms with Crippen LogP contribution in [0.3, 0.4) is 0 Å². The molecule has 3 rings (SSSR count). The Balaban J connectivity index is 1.74. The lowest BCUT2D eigenvalue weighted by atomic mass is 10.1. The number of nitrogens with one attached hydrogen (secondary N) is 1. The number of amides is 1. The van der Waals surface area contributed by atoms with Crippen LogP contribution in [0.15, 0.2) is 59.2 Å². The molecule has 0 bridgehead atoms. The number of benzene rings is 2. The monoisotopic (exact) mass is 413 g/mol. The molecule has 30 heavy (non-hydrogen) atoms. The smallest absolute Gasteiger partial charge is 0.273 e. The molecular weight excluding hydrogens is 388 g/mol. The second-order valence-electron chi connectivity index (χ2n) is 7.31. The summed E-state index contributed by atoms with van der Waals surface area (Å²) < 4.78 is 32.3. The van der Waals surface area contributed by atoms with Crippen LogP contribution in [0.4, 0.5) is 8.78 Å². The van der Waals surface area contributed by atoms with Gasteiger partial charge in [-0.25, -0.2) is 13.8 Å². The fourth-order valence-corrected chi connectivity index (χ4v) is 2.99. The van der Waals surface area contributed by atoms with Gasteiger partial charge in [0, 0.05) is 19.1 Å². The molecule has 0 aliphatic rings. The first-order valence-corrected chi connectivity index (χ1v) is 9.89. The zero-order chi connectivity index (χ0) is 21.5. The largest absolute Gasteiger partial charge is 0.447 e. The first-order valence-electron chi connectivity index (χ1n) is 9.89. The summed E-state index contributed by atoms with van der Waals surface area (Å²) in [5.74, 6) is -0.521. The molecule has 0 radical (unpaired) electrons. The first kappa shape index (κ1) is 21.6. The van der Waals surface area contributed by atoms with Crippen molar-refractivity contribution in [2.45, 2.75) is 45.9 Å². The molecule has 1 atom stereocenters. The van der Waals surface area contributed by atoms with E-state index in [1.54, 1.807) is 18.2 Å². The van der Waals surface area contributed by atoms with Gasteiger partial charge in [0.25, 0.3) is 5.91 Å². The molecule has 0 spiro atoms. The highest BCUT2D eigenvalue weighted by molar-refractivity contribution is 5.92. The molecule has 5 nitrogen and oxygen atoms in total. The van der Waals surface area contributed by atoms with Gasteiger partial charge >= 0.3 is 0 Å². The van der Waals surface area contributed by atoms with Crippen molar-refractivity contribution in [3.05, 3.63) is 89.1 Å². The zero-order valence-corrected chi connectivity index (χ0v) is 17.1. The molecule has 2 aromatic carbocycles. The van der Waals surface area contributed by atoms with Crippen LogP contribution >= 0.6 is 0 Å². The van der Waals surface area contributed by atoms with Gasteiger partial charge in [-0.2, -0.15) is 0 Å². The van der Waals surface area contributed by atoms with Crippen LogP contribution < -0.4 is 5.32 Å². The van der Waals surface area contributed by atoms with E-state index in [4.69, 9.17) is 4.42 Å². The first-order chi connectivity index (χ1) is 14.4. The van der Waals surface area contributed by atoms with Gasteiger partial charge in [0.2, 0.25) is 5.89 Å². The van der Waals surface area contributed by atoms with Gasteiger partial charge in [0.15, 0.2) is 5.69 Å². The highest BCUT2D eigenvalue weighted by atomic mass is 19.1. The maximum absolute atomic E-state index is 13.6. The third-order valence-corrected chi connectivity index (χ3v) is 4.75. The topological polar surface area (TPSA) is 58.4 Å². The molecule has 0 saturated carbocycles. The number of carbonyl (C=O) groups excluding carboxylic acids is 1. The summed E-state index contributed by atoms with van der Waals surface area (Å²) in [6.45, 7) is 5.13. The number of halogens is 2. The van der Waals surface area contributed by atoms with Crippen molar-refractivity contribution in [3.8, 4) is 0 Å². The molecule has 1 N–H and O–H groups in total. The van der Waals surface area contributed by atoms with Gasteiger partial charge in [-0.05, 0) is 48.7 Å². The van der Waals surface area contributed by atoms with E-state index in [1.165, 1.54) is 30.5 Å². The number of rotatable bonds is 9. The van der Waals surface area contributed by atoms with Crippen LogP contribution in [0.2, 0.25) is 0 Å². The molecule has 0 aliphatic carbocycles. The van der Waals surface area contributed by atoms with Gasteiger partial charge in [0.05, 0.1) is 6.54 Å². The number of aromatic nitrogens is 1. The number of hydrogen-bond donors (Lipinski definition) is 1. The summed E-state index contributed by atoms with van der Waals surface area (Å²) in [4.78, 5) is 18.5. The summed E-state index contributed by atoms with van der Waals surface area (Å²) >= 11 is 0. The number of carbonyl (C=O) groups is 1. The van der Waals surface area contributed by atoms with Gasteiger partial charge < -0.3 is 9.73 Å². The second kappa shape index (κ2) is 10.1. The minimum atomic E-state index is -0.311. The van der Waals surface area contributed by atoms with E-state index in [0.29, 0.717) is 25.5 Å². The standard InChI is InChI=1S/C23H25F2N3O2/c1-3-16(2)26-23(29)21-15-30-22(27-21)14-28(12-17-7-9-19(24)10-8-17)13-18-5-4-6-20(25)11-18/h4-11,15-16H,3,12-14H2,1-2H3,(H,26,29)/t16-/m1/s1. The Bertz CT molecular complexity index is 973. The van der Waals surface area contributed by atoms with E-state index in [-0.39, 0.29) is 29.3 Å². The predicted molar refractivity (Wildman–Crippen MR) is 109 cm³/mol. The highest BCUT2D eigenvalue weighted by Gasteiger charge is 2.17. The Kier molecular flexibility index (Phi) is 7.30. The highest BCUT2D eigenvalue weighted by Crippen LogP contribution is 2.16. The maximum Gasteiger partial charge on any atom is 0.273 e. The van der Waals surface area contributed by atoms with Gasteiger partial charge in [0.1, 0.15) is 17.9 Å². The Morgan fingerprint density at radius 1 is 1.07 bits per heavy atom. The minimum absolute atomic E-state index is 0.0422. The fraction of sp³-hybridized carbons (Fsp3) is 0.304. The quantitative estimate of drug-likeness (QED) is 0.553. The molecule has 0 fully saturated rings. The van der Waals surface area contributed by atoms with Crippen LogP contribution in [0.1, 0.15) is 47.8 Å². The van der Waals surface area contributed by atoms with E-state index in [1.807, 2.05) is 24.8 Å². The van der Waals surface area contributed by atoms with E-state index < -0.39 is 0 Å². The maximum atomic E-state index is 13.6. The Labute approximate surface area is 174 Å². The molecule has 0 aliphatic heterocycles. The van der Waals surface area contributed by atoms with Crippen molar-refractivity contribution in [1.29, 1.82) is 0 Å². The Hall–Kier alpha value is -3.06. The summed E-state index contributed by atoms with van der Waals surface area (Å²) in [5, 5.41) is 2.85. The lowest BCUT2D eigenvalue weighted by Gasteiger charge is -2.21. The van der Waals surface area contributed by atoms with Crippen LogP contribution in [0.25, 0.3) is 0 Å².